The molecule has 21 heavy (non-hydrogen) atoms. The Morgan fingerprint density at radius 1 is 1.29 bits per heavy atom. The lowest BCUT2D eigenvalue weighted by molar-refractivity contribution is 0.0697. The summed E-state index contributed by atoms with van der Waals surface area (Å²) in [6.07, 6.45) is 1.55. The number of urea groups is 1. The molecule has 0 saturated heterocycles. The van der Waals surface area contributed by atoms with Crippen LogP contribution >= 0.6 is 0 Å². The number of nitrogens with one attached hydrogen (secondary N) is 2. The average Bonchev–Trinajstić information content (AvgIpc) is 2.85. The van der Waals surface area contributed by atoms with Crippen molar-refractivity contribution < 1.29 is 14.7 Å². The number of carbonyl (C=O) groups is 2. The third kappa shape index (κ3) is 3.56. The van der Waals surface area contributed by atoms with Gasteiger partial charge in [0.2, 0.25) is 0 Å². The molecule has 8 nitrogen and oxygen atoms in total. The third-order valence-electron chi connectivity index (χ3n) is 2.87. The topological polar surface area (TPSA) is 109 Å². The predicted molar refractivity (Wildman–Crippen MR) is 75.0 cm³/mol. The van der Waals surface area contributed by atoms with Gasteiger partial charge < -0.3 is 20.3 Å². The standard InChI is InChI=1S/C13H15N5O3/c1-8(11-17-14-7-18(11)2)15-13(21)16-10-5-3-9(4-6-10)12(19)20/h3-8H,1-2H3,(H,19,20)(H2,15,16,21). The fourth-order valence-corrected chi connectivity index (χ4v) is 1.81. The Morgan fingerprint density at radius 3 is 2.48 bits per heavy atom. The summed E-state index contributed by atoms with van der Waals surface area (Å²) in [4.78, 5) is 22.6. The Hall–Kier alpha value is -2.90. The lowest BCUT2D eigenvalue weighted by atomic mass is 10.2. The van der Waals surface area contributed by atoms with E-state index in [1.165, 1.54) is 24.3 Å². The van der Waals surface area contributed by atoms with E-state index >= 15 is 0 Å². The molecule has 1 unspecified atom stereocenters. The number of benzene rings is 1. The number of aromatic carboxylic acids is 1. The molecule has 0 aliphatic carbocycles. The Bertz CT molecular complexity index is 650. The zero-order valence-electron chi connectivity index (χ0n) is 11.6. The number of carboxylic acids is 1. The van der Waals surface area contributed by atoms with E-state index in [-0.39, 0.29) is 11.6 Å². The molecule has 1 aromatic carbocycles. The molecule has 0 bridgehead atoms. The van der Waals surface area contributed by atoms with Gasteiger partial charge in [-0.1, -0.05) is 0 Å². The summed E-state index contributed by atoms with van der Waals surface area (Å²) >= 11 is 0. The maximum absolute atomic E-state index is 11.9. The van der Waals surface area contributed by atoms with Gasteiger partial charge in [0.25, 0.3) is 0 Å². The second-order valence-corrected chi connectivity index (χ2v) is 4.50. The zero-order valence-corrected chi connectivity index (χ0v) is 11.6. The summed E-state index contributed by atoms with van der Waals surface area (Å²) in [7, 11) is 1.79. The Balaban J connectivity index is 1.95. The van der Waals surface area contributed by atoms with Gasteiger partial charge in [-0.2, -0.15) is 0 Å². The summed E-state index contributed by atoms with van der Waals surface area (Å²) in [5.74, 6) is -0.381. The van der Waals surface area contributed by atoms with Gasteiger partial charge in [0, 0.05) is 12.7 Å². The number of hydrogen-bond acceptors (Lipinski definition) is 4. The minimum atomic E-state index is -1.01. The van der Waals surface area contributed by atoms with Crippen LogP contribution in [0.5, 0.6) is 0 Å². The van der Waals surface area contributed by atoms with Crippen LogP contribution in [0.1, 0.15) is 29.1 Å². The molecule has 0 radical (unpaired) electrons. The fraction of sp³-hybridized carbons (Fsp3) is 0.231. The maximum Gasteiger partial charge on any atom is 0.335 e. The van der Waals surface area contributed by atoms with Gasteiger partial charge in [-0.3, -0.25) is 0 Å². The van der Waals surface area contributed by atoms with Crippen molar-refractivity contribution in [1.82, 2.24) is 20.1 Å². The molecule has 0 aliphatic heterocycles. The number of rotatable bonds is 4. The van der Waals surface area contributed by atoms with Gasteiger partial charge in [0.05, 0.1) is 11.6 Å². The molecule has 0 aliphatic rings. The predicted octanol–water partition coefficient (Wildman–Crippen LogP) is 1.40. The van der Waals surface area contributed by atoms with Crippen molar-refractivity contribution in [3.63, 3.8) is 0 Å². The molecule has 0 fully saturated rings. The van der Waals surface area contributed by atoms with Crippen LogP contribution < -0.4 is 10.6 Å². The molecule has 2 aromatic rings. The quantitative estimate of drug-likeness (QED) is 0.788. The number of hydrogen-bond donors (Lipinski definition) is 3. The highest BCUT2D eigenvalue weighted by atomic mass is 16.4. The van der Waals surface area contributed by atoms with Crippen LogP contribution in [0.15, 0.2) is 30.6 Å². The lowest BCUT2D eigenvalue weighted by Gasteiger charge is -2.13. The summed E-state index contributed by atoms with van der Waals surface area (Å²) in [6, 6.07) is 5.17. The Labute approximate surface area is 120 Å². The highest BCUT2D eigenvalue weighted by Gasteiger charge is 2.14. The van der Waals surface area contributed by atoms with E-state index < -0.39 is 12.0 Å². The van der Waals surface area contributed by atoms with Gasteiger partial charge in [-0.15, -0.1) is 10.2 Å². The second kappa shape index (κ2) is 6.04. The van der Waals surface area contributed by atoms with Crippen LogP contribution in [-0.4, -0.2) is 31.9 Å². The zero-order chi connectivity index (χ0) is 15.4. The van der Waals surface area contributed by atoms with E-state index in [0.29, 0.717) is 11.5 Å². The molecule has 110 valence electrons. The van der Waals surface area contributed by atoms with Gasteiger partial charge in [-0.05, 0) is 31.2 Å². The summed E-state index contributed by atoms with van der Waals surface area (Å²) < 4.78 is 1.71. The highest BCUT2D eigenvalue weighted by molar-refractivity contribution is 5.91. The third-order valence-corrected chi connectivity index (χ3v) is 2.87. The van der Waals surface area contributed by atoms with Crippen molar-refractivity contribution in [1.29, 1.82) is 0 Å². The largest absolute Gasteiger partial charge is 0.478 e. The van der Waals surface area contributed by atoms with Gasteiger partial charge in [0.1, 0.15) is 6.33 Å². The first-order valence-corrected chi connectivity index (χ1v) is 6.22. The first-order valence-electron chi connectivity index (χ1n) is 6.22. The molecule has 1 aromatic heterocycles. The van der Waals surface area contributed by atoms with E-state index in [1.807, 2.05) is 0 Å². The normalized spacial score (nSPS) is 11.7. The fourth-order valence-electron chi connectivity index (χ4n) is 1.81. The van der Waals surface area contributed by atoms with Crippen molar-refractivity contribution in [2.75, 3.05) is 5.32 Å². The van der Waals surface area contributed by atoms with Crippen molar-refractivity contribution in [2.24, 2.45) is 7.05 Å². The molecule has 3 N–H and O–H groups in total. The first-order chi connectivity index (χ1) is 9.97. The first kappa shape index (κ1) is 14.5. The minimum absolute atomic E-state index is 0.161. The average molecular weight is 289 g/mol. The monoisotopic (exact) mass is 289 g/mol. The number of carbonyl (C=O) groups excluding carboxylic acids is 1. The molecular formula is C13H15N5O3. The van der Waals surface area contributed by atoms with Crippen LogP contribution in [0, 0.1) is 0 Å². The minimum Gasteiger partial charge on any atom is -0.478 e. The van der Waals surface area contributed by atoms with E-state index in [0.717, 1.165) is 0 Å². The van der Waals surface area contributed by atoms with E-state index in [2.05, 4.69) is 20.8 Å². The Kier molecular flexibility index (Phi) is 4.17. The molecule has 2 rings (SSSR count). The van der Waals surface area contributed by atoms with Crippen molar-refractivity contribution in [2.45, 2.75) is 13.0 Å². The van der Waals surface area contributed by atoms with Crippen LogP contribution in [0.3, 0.4) is 0 Å². The Morgan fingerprint density at radius 2 is 1.95 bits per heavy atom. The number of amides is 2. The summed E-state index contributed by atoms with van der Waals surface area (Å²) in [5, 5.41) is 21.8. The van der Waals surface area contributed by atoms with Crippen molar-refractivity contribution >= 4 is 17.7 Å². The van der Waals surface area contributed by atoms with Crippen molar-refractivity contribution in [3.8, 4) is 0 Å². The lowest BCUT2D eigenvalue weighted by Crippen LogP contribution is -2.32. The molecule has 1 atom stereocenters. The number of anilines is 1. The van der Waals surface area contributed by atoms with Crippen LogP contribution in [-0.2, 0) is 7.05 Å². The van der Waals surface area contributed by atoms with E-state index in [9.17, 15) is 9.59 Å². The van der Waals surface area contributed by atoms with Gasteiger partial charge >= 0.3 is 12.0 Å². The molecule has 0 spiro atoms. The number of carboxylic acid groups (broad SMARTS) is 1. The van der Waals surface area contributed by atoms with Crippen LogP contribution in [0.2, 0.25) is 0 Å². The number of aryl methyl sites for hydroxylation is 1. The second-order valence-electron chi connectivity index (χ2n) is 4.50. The smallest absolute Gasteiger partial charge is 0.335 e. The molecule has 2 amide bonds. The van der Waals surface area contributed by atoms with E-state index in [1.54, 1.807) is 24.9 Å². The number of aromatic nitrogens is 3. The summed E-state index contributed by atoms with van der Waals surface area (Å²) in [6.45, 7) is 1.79. The van der Waals surface area contributed by atoms with Crippen LogP contribution in [0.25, 0.3) is 0 Å². The van der Waals surface area contributed by atoms with Crippen LogP contribution in [0.4, 0.5) is 10.5 Å². The number of nitrogens with zero attached hydrogens (tertiary/aromatic N) is 3. The molecule has 0 saturated carbocycles. The highest BCUT2D eigenvalue weighted by Crippen LogP contribution is 2.11. The van der Waals surface area contributed by atoms with Gasteiger partial charge in [0.15, 0.2) is 5.82 Å². The molecule has 8 heteroatoms. The van der Waals surface area contributed by atoms with E-state index in [4.69, 9.17) is 5.11 Å². The van der Waals surface area contributed by atoms with Crippen molar-refractivity contribution in [3.05, 3.63) is 42.0 Å². The van der Waals surface area contributed by atoms with Gasteiger partial charge in [-0.25, -0.2) is 9.59 Å². The molecular weight excluding hydrogens is 274 g/mol. The SMILES string of the molecule is CC(NC(=O)Nc1ccc(C(=O)O)cc1)c1nncn1C. The molecule has 1 heterocycles. The maximum atomic E-state index is 11.9. The summed E-state index contributed by atoms with van der Waals surface area (Å²) in [5.41, 5.74) is 0.663.